The number of carbonyl (C=O) groups is 2. The topological polar surface area (TPSA) is 46.6 Å². The molecule has 9 heteroatoms. The van der Waals surface area contributed by atoms with E-state index in [9.17, 15) is 27.2 Å². The number of ketones is 1. The lowest BCUT2D eigenvalue weighted by atomic mass is 9.92. The number of nitrogens with zero attached hydrogens (tertiary/aromatic N) is 1. The van der Waals surface area contributed by atoms with Crippen LogP contribution in [0.3, 0.4) is 0 Å². The van der Waals surface area contributed by atoms with Gasteiger partial charge in [0.25, 0.3) is 5.91 Å². The van der Waals surface area contributed by atoms with Gasteiger partial charge in [-0.2, -0.15) is 0 Å². The number of hydrogen-bond donors (Lipinski definition) is 0. The number of alkyl halides is 3. The molecule has 0 aromatic heterocycles. The van der Waals surface area contributed by atoms with Crippen molar-refractivity contribution in [1.82, 2.24) is 4.90 Å². The van der Waals surface area contributed by atoms with E-state index in [-0.39, 0.29) is 30.3 Å². The number of benzene rings is 1. The fourth-order valence-electron chi connectivity index (χ4n) is 2.78. The zero-order valence-corrected chi connectivity index (χ0v) is 14.6. The van der Waals surface area contributed by atoms with Crippen molar-refractivity contribution in [2.45, 2.75) is 12.9 Å². The molecule has 1 aromatic rings. The van der Waals surface area contributed by atoms with E-state index in [4.69, 9.17) is 0 Å². The summed E-state index contributed by atoms with van der Waals surface area (Å²) < 4.78 is 54.2. The third-order valence-electron chi connectivity index (χ3n) is 3.86. The minimum atomic E-state index is -4.78. The third kappa shape index (κ3) is 3.70. The molecule has 1 fully saturated rings. The van der Waals surface area contributed by atoms with Gasteiger partial charge in [-0.15, -0.1) is 13.2 Å². The van der Waals surface area contributed by atoms with Gasteiger partial charge in [0.2, 0.25) is 5.78 Å². The summed E-state index contributed by atoms with van der Waals surface area (Å²) >= 11 is 1.81. The maximum absolute atomic E-state index is 13.6. The molecule has 1 aliphatic heterocycles. The third-order valence-corrected chi connectivity index (χ3v) is 4.75. The first-order valence-electron chi connectivity index (χ1n) is 7.11. The molecule has 3 rings (SSSR count). The Morgan fingerprint density at radius 2 is 1.84 bits per heavy atom. The van der Waals surface area contributed by atoms with Crippen LogP contribution in [0.5, 0.6) is 5.75 Å². The molecule has 0 spiro atoms. The molecule has 132 valence electrons. The first-order chi connectivity index (χ1) is 11.7. The van der Waals surface area contributed by atoms with Crippen LogP contribution in [-0.4, -0.2) is 29.5 Å². The molecule has 0 N–H and O–H groups in total. The molecule has 4 nitrogen and oxygen atoms in total. The second-order valence-corrected chi connectivity index (χ2v) is 6.71. The summed E-state index contributed by atoms with van der Waals surface area (Å²) in [6.45, 7) is 0.144. The quantitative estimate of drug-likeness (QED) is 0.504. The summed E-state index contributed by atoms with van der Waals surface area (Å²) in [5, 5.41) is 0. The van der Waals surface area contributed by atoms with Crippen LogP contribution in [0.4, 0.5) is 17.6 Å². The summed E-state index contributed by atoms with van der Waals surface area (Å²) in [5.41, 5.74) is 0.835. The van der Waals surface area contributed by atoms with Crippen molar-refractivity contribution < 1.29 is 31.9 Å². The van der Waals surface area contributed by atoms with Crippen molar-refractivity contribution >= 4 is 34.3 Å². The summed E-state index contributed by atoms with van der Waals surface area (Å²) in [6.07, 6.45) is -3.73. The summed E-state index contributed by atoms with van der Waals surface area (Å²) in [4.78, 5) is 25.7. The van der Waals surface area contributed by atoms with Crippen LogP contribution in [0.2, 0.25) is 0 Å². The summed E-state index contributed by atoms with van der Waals surface area (Å²) in [6, 6.07) is 5.09. The average Bonchev–Trinajstić information content (AvgIpc) is 2.83. The van der Waals surface area contributed by atoms with Crippen molar-refractivity contribution in [3.63, 3.8) is 0 Å². The molecule has 1 amide bonds. The number of ether oxygens (including phenoxy) is 1. The van der Waals surface area contributed by atoms with E-state index in [1.165, 1.54) is 17.0 Å². The first kappa shape index (κ1) is 17.9. The van der Waals surface area contributed by atoms with Crippen LogP contribution in [0, 0.1) is 5.92 Å². The van der Waals surface area contributed by atoms with E-state index < -0.39 is 23.9 Å². The maximum atomic E-state index is 13.6. The molecule has 1 atom stereocenters. The van der Waals surface area contributed by atoms with Crippen molar-refractivity contribution in [2.24, 2.45) is 5.92 Å². The van der Waals surface area contributed by atoms with E-state index >= 15 is 0 Å². The normalized spacial score (nSPS) is 20.8. The minimum Gasteiger partial charge on any atom is -0.406 e. The lowest BCUT2D eigenvalue weighted by molar-refractivity contribution is -0.274. The molecule has 25 heavy (non-hydrogen) atoms. The van der Waals surface area contributed by atoms with Gasteiger partial charge >= 0.3 is 6.36 Å². The number of carbonyl (C=O) groups excluding carboxylic acids is 2. The number of amides is 1. The molecule has 1 unspecified atom stereocenters. The Morgan fingerprint density at radius 1 is 1.20 bits per heavy atom. The van der Waals surface area contributed by atoms with Crippen LogP contribution in [0.15, 0.2) is 45.3 Å². The highest BCUT2D eigenvalue weighted by Gasteiger charge is 2.44. The number of likely N-dealkylation sites (tertiary alicyclic amines) is 1. The molecular weight excluding hydrogens is 457 g/mol. The maximum Gasteiger partial charge on any atom is 0.573 e. The number of allylic oxidation sites excluding steroid dienone is 3. The molecular formula is C16H10F4INO3. The Labute approximate surface area is 153 Å². The van der Waals surface area contributed by atoms with E-state index in [1.54, 1.807) is 0 Å². The Balaban J connectivity index is 1.74. The van der Waals surface area contributed by atoms with Crippen molar-refractivity contribution in [1.29, 1.82) is 0 Å². The molecule has 0 radical (unpaired) electrons. The van der Waals surface area contributed by atoms with Gasteiger partial charge in [-0.1, -0.05) is 12.1 Å². The Morgan fingerprint density at radius 3 is 2.44 bits per heavy atom. The van der Waals surface area contributed by atoms with Gasteiger partial charge in [0.1, 0.15) is 5.75 Å². The Bertz CT molecular complexity index is 799. The number of fused-ring (bicyclic) bond motifs is 1. The van der Waals surface area contributed by atoms with E-state index in [1.807, 2.05) is 22.6 Å². The highest BCUT2D eigenvalue weighted by atomic mass is 127. The molecule has 0 saturated carbocycles. The lowest BCUT2D eigenvalue weighted by Gasteiger charge is -2.16. The Hall–Kier alpha value is -1.91. The van der Waals surface area contributed by atoms with Crippen LogP contribution in [0.1, 0.15) is 5.56 Å². The van der Waals surface area contributed by atoms with Gasteiger partial charge in [-0.25, -0.2) is 4.39 Å². The van der Waals surface area contributed by atoms with Crippen LogP contribution in [-0.2, 0) is 16.1 Å². The van der Waals surface area contributed by atoms with Gasteiger partial charge in [0, 0.05) is 22.2 Å². The highest BCUT2D eigenvalue weighted by Crippen LogP contribution is 2.37. The number of Topliss-reactive ketones (excluding diaryl/α,β-unsaturated/α-hetero) is 1. The fourth-order valence-corrected chi connectivity index (χ4v) is 3.66. The van der Waals surface area contributed by atoms with E-state index in [2.05, 4.69) is 4.74 Å². The van der Waals surface area contributed by atoms with Crippen LogP contribution in [0.25, 0.3) is 0 Å². The second kappa shape index (κ2) is 6.43. The van der Waals surface area contributed by atoms with Gasteiger partial charge < -0.3 is 9.64 Å². The molecule has 1 aromatic carbocycles. The number of rotatable bonds is 3. The predicted octanol–water partition coefficient (Wildman–Crippen LogP) is 3.67. The van der Waals surface area contributed by atoms with E-state index in [0.717, 1.165) is 18.2 Å². The van der Waals surface area contributed by atoms with Crippen LogP contribution < -0.4 is 4.74 Å². The summed E-state index contributed by atoms with van der Waals surface area (Å²) in [7, 11) is 0. The Kier molecular flexibility index (Phi) is 4.60. The highest BCUT2D eigenvalue weighted by molar-refractivity contribution is 14.1. The molecule has 1 aliphatic carbocycles. The molecule has 0 bridgehead atoms. The van der Waals surface area contributed by atoms with E-state index in [0.29, 0.717) is 9.14 Å². The zero-order chi connectivity index (χ0) is 18.4. The first-order valence-corrected chi connectivity index (χ1v) is 8.18. The van der Waals surface area contributed by atoms with Gasteiger partial charge in [-0.05, 0) is 46.4 Å². The predicted molar refractivity (Wildman–Crippen MR) is 87.3 cm³/mol. The van der Waals surface area contributed by atoms with Gasteiger partial charge in [0.05, 0.1) is 5.92 Å². The largest absolute Gasteiger partial charge is 0.573 e. The smallest absolute Gasteiger partial charge is 0.406 e. The summed E-state index contributed by atoms with van der Waals surface area (Å²) in [5.74, 6) is -3.17. The van der Waals surface area contributed by atoms with Gasteiger partial charge in [0.15, 0.2) is 5.83 Å². The average molecular weight is 467 g/mol. The lowest BCUT2D eigenvalue weighted by Crippen LogP contribution is -2.25. The van der Waals surface area contributed by atoms with Crippen molar-refractivity contribution in [3.05, 3.63) is 50.9 Å². The van der Waals surface area contributed by atoms with Crippen molar-refractivity contribution in [2.75, 3.05) is 6.54 Å². The van der Waals surface area contributed by atoms with Gasteiger partial charge in [-0.3, -0.25) is 9.59 Å². The number of hydrogen-bond acceptors (Lipinski definition) is 3. The number of halogens is 5. The zero-order valence-electron chi connectivity index (χ0n) is 12.4. The minimum absolute atomic E-state index is 0.0432. The second-order valence-electron chi connectivity index (χ2n) is 5.55. The molecule has 1 saturated heterocycles. The standard InChI is InChI=1S/C16H10F4INO3/c17-11-5-12(21)13-10(14(11)23)7-22(15(13)24)6-8-1-3-9(4-2-8)25-16(18,19)20/h1-5,10H,6-7H2. The van der Waals surface area contributed by atoms with Crippen molar-refractivity contribution in [3.8, 4) is 5.75 Å². The molecule has 2 aliphatic rings. The molecule has 1 heterocycles. The monoisotopic (exact) mass is 467 g/mol. The SMILES string of the molecule is O=C1C(F)=CC(I)=C2C(=O)N(Cc3ccc(OC(F)(F)F)cc3)CC12. The fraction of sp³-hybridized carbons (Fsp3) is 0.250. The van der Waals surface area contributed by atoms with Crippen LogP contribution >= 0.6 is 22.6 Å².